The lowest BCUT2D eigenvalue weighted by Gasteiger charge is -2.35. The van der Waals surface area contributed by atoms with E-state index < -0.39 is 0 Å². The maximum absolute atomic E-state index is 5.74. The maximum atomic E-state index is 5.74. The summed E-state index contributed by atoms with van der Waals surface area (Å²) >= 11 is 0. The van der Waals surface area contributed by atoms with Crippen molar-refractivity contribution >= 4 is 17.1 Å². The molecule has 1 saturated heterocycles. The average molecular weight is 289 g/mol. The van der Waals surface area contributed by atoms with Crippen molar-refractivity contribution in [3.05, 3.63) is 24.3 Å². The monoisotopic (exact) mass is 289 g/mol. The number of benzene rings is 1. The van der Waals surface area contributed by atoms with E-state index in [1.165, 1.54) is 0 Å². The molecule has 0 radical (unpaired) electrons. The summed E-state index contributed by atoms with van der Waals surface area (Å²) in [6.45, 7) is 8.26. The van der Waals surface area contributed by atoms with Gasteiger partial charge in [-0.1, -0.05) is 12.1 Å². The molecule has 2 unspecified atom stereocenters. The van der Waals surface area contributed by atoms with Crippen LogP contribution >= 0.6 is 0 Å². The zero-order valence-corrected chi connectivity index (χ0v) is 12.7. The lowest BCUT2D eigenvalue weighted by molar-refractivity contribution is -0.0678. The number of morpholine rings is 1. The van der Waals surface area contributed by atoms with E-state index in [9.17, 15) is 0 Å². The average Bonchev–Trinajstić information content (AvgIpc) is 2.85. The van der Waals surface area contributed by atoms with E-state index >= 15 is 0 Å². The summed E-state index contributed by atoms with van der Waals surface area (Å²) in [5, 5.41) is 3.26. The Kier molecular flexibility index (Phi) is 4.41. The number of ether oxygens (including phenoxy) is 1. The third kappa shape index (κ3) is 3.74. The van der Waals surface area contributed by atoms with Gasteiger partial charge in [-0.15, -0.1) is 0 Å². The number of aromatic nitrogens is 1. The van der Waals surface area contributed by atoms with Gasteiger partial charge in [-0.2, -0.15) is 4.98 Å². The minimum Gasteiger partial charge on any atom is -0.424 e. The smallest absolute Gasteiger partial charge is 0.295 e. The van der Waals surface area contributed by atoms with Crippen LogP contribution in [0.4, 0.5) is 6.01 Å². The highest BCUT2D eigenvalue weighted by molar-refractivity contribution is 5.74. The zero-order chi connectivity index (χ0) is 14.7. The maximum Gasteiger partial charge on any atom is 0.295 e. The van der Waals surface area contributed by atoms with Gasteiger partial charge in [0.05, 0.1) is 12.2 Å². The minimum atomic E-state index is 0.332. The van der Waals surface area contributed by atoms with Crippen LogP contribution in [0.1, 0.15) is 20.3 Å². The van der Waals surface area contributed by atoms with Gasteiger partial charge >= 0.3 is 0 Å². The molecule has 1 N–H and O–H groups in total. The summed E-state index contributed by atoms with van der Waals surface area (Å²) in [5.74, 6) is 0. The topological polar surface area (TPSA) is 50.5 Å². The summed E-state index contributed by atoms with van der Waals surface area (Å²) in [7, 11) is 0. The molecule has 0 aliphatic carbocycles. The zero-order valence-electron chi connectivity index (χ0n) is 12.7. The van der Waals surface area contributed by atoms with Gasteiger partial charge in [0.1, 0.15) is 5.52 Å². The number of para-hydroxylation sites is 2. The normalized spacial score (nSPS) is 23.5. The Morgan fingerprint density at radius 3 is 2.76 bits per heavy atom. The van der Waals surface area contributed by atoms with Crippen LogP contribution in [0, 0.1) is 0 Å². The fourth-order valence-corrected chi connectivity index (χ4v) is 2.91. The van der Waals surface area contributed by atoms with E-state index in [-0.39, 0.29) is 0 Å². The standard InChI is InChI=1S/C16H23N3O2/c1-12-10-19(11-13(2)20-12)9-5-8-17-16-18-14-6-3-4-7-15(14)21-16/h3-4,6-7,12-13H,5,8-11H2,1-2H3,(H,17,18). The Morgan fingerprint density at radius 1 is 1.24 bits per heavy atom. The molecule has 1 aliphatic heterocycles. The third-order valence-corrected chi connectivity index (χ3v) is 3.72. The molecule has 2 atom stereocenters. The highest BCUT2D eigenvalue weighted by atomic mass is 16.5. The SMILES string of the molecule is CC1CN(CCCNc2nc3ccccc3o2)CC(C)O1. The van der Waals surface area contributed by atoms with Gasteiger partial charge in [-0.05, 0) is 32.4 Å². The van der Waals surface area contributed by atoms with Gasteiger partial charge in [0.2, 0.25) is 0 Å². The molecule has 0 saturated carbocycles. The molecule has 5 heteroatoms. The van der Waals surface area contributed by atoms with E-state index in [0.717, 1.165) is 43.7 Å². The van der Waals surface area contributed by atoms with Crippen molar-refractivity contribution in [1.82, 2.24) is 9.88 Å². The summed E-state index contributed by atoms with van der Waals surface area (Å²) < 4.78 is 11.4. The van der Waals surface area contributed by atoms with Crippen molar-refractivity contribution in [2.75, 3.05) is 31.5 Å². The Morgan fingerprint density at radius 2 is 2.00 bits per heavy atom. The van der Waals surface area contributed by atoms with E-state index in [4.69, 9.17) is 9.15 Å². The van der Waals surface area contributed by atoms with Gasteiger partial charge < -0.3 is 14.5 Å². The van der Waals surface area contributed by atoms with Crippen molar-refractivity contribution < 1.29 is 9.15 Å². The number of rotatable bonds is 5. The molecular formula is C16H23N3O2. The summed E-state index contributed by atoms with van der Waals surface area (Å²) in [5.41, 5.74) is 1.73. The molecule has 2 aromatic rings. The van der Waals surface area contributed by atoms with Gasteiger partial charge in [0.25, 0.3) is 6.01 Å². The Hall–Kier alpha value is -1.59. The van der Waals surface area contributed by atoms with Crippen molar-refractivity contribution in [3.63, 3.8) is 0 Å². The summed E-state index contributed by atoms with van der Waals surface area (Å²) in [4.78, 5) is 6.87. The number of nitrogens with zero attached hydrogens (tertiary/aromatic N) is 2. The van der Waals surface area contributed by atoms with E-state index in [2.05, 4.69) is 29.0 Å². The first-order chi connectivity index (χ1) is 10.2. The predicted molar refractivity (Wildman–Crippen MR) is 83.6 cm³/mol. The van der Waals surface area contributed by atoms with Crippen molar-refractivity contribution in [3.8, 4) is 0 Å². The predicted octanol–water partition coefficient (Wildman–Crippen LogP) is 2.74. The Labute approximate surface area is 125 Å². The number of hydrogen-bond donors (Lipinski definition) is 1. The Bertz CT molecular complexity index is 541. The molecule has 1 aromatic carbocycles. The molecule has 114 valence electrons. The van der Waals surface area contributed by atoms with Crippen LogP contribution in [0.5, 0.6) is 0 Å². The number of nitrogens with one attached hydrogen (secondary N) is 1. The van der Waals surface area contributed by atoms with Crippen LogP contribution < -0.4 is 5.32 Å². The number of anilines is 1. The van der Waals surface area contributed by atoms with Crippen LogP contribution in [0.2, 0.25) is 0 Å². The van der Waals surface area contributed by atoms with Crippen LogP contribution in [-0.2, 0) is 4.74 Å². The molecular weight excluding hydrogens is 266 g/mol. The van der Waals surface area contributed by atoms with E-state index in [1.54, 1.807) is 0 Å². The molecule has 21 heavy (non-hydrogen) atoms. The van der Waals surface area contributed by atoms with Crippen molar-refractivity contribution in [1.29, 1.82) is 0 Å². The molecule has 0 spiro atoms. The van der Waals surface area contributed by atoms with Crippen LogP contribution in [0.3, 0.4) is 0 Å². The summed E-state index contributed by atoms with van der Waals surface area (Å²) in [6, 6.07) is 8.43. The first-order valence-electron chi connectivity index (χ1n) is 7.68. The molecule has 5 nitrogen and oxygen atoms in total. The fourth-order valence-electron chi connectivity index (χ4n) is 2.91. The van der Waals surface area contributed by atoms with Gasteiger partial charge in [0, 0.05) is 26.2 Å². The van der Waals surface area contributed by atoms with Gasteiger partial charge in [-0.25, -0.2) is 0 Å². The van der Waals surface area contributed by atoms with Crippen molar-refractivity contribution in [2.45, 2.75) is 32.5 Å². The lowest BCUT2D eigenvalue weighted by Crippen LogP contribution is -2.45. The van der Waals surface area contributed by atoms with Crippen LogP contribution in [-0.4, -0.2) is 48.3 Å². The number of hydrogen-bond acceptors (Lipinski definition) is 5. The van der Waals surface area contributed by atoms with E-state index in [1.807, 2.05) is 24.3 Å². The lowest BCUT2D eigenvalue weighted by atomic mass is 10.2. The number of fused-ring (bicyclic) bond motifs is 1. The van der Waals surface area contributed by atoms with Crippen molar-refractivity contribution in [2.24, 2.45) is 0 Å². The highest BCUT2D eigenvalue weighted by Gasteiger charge is 2.21. The van der Waals surface area contributed by atoms with Crippen LogP contribution in [0.15, 0.2) is 28.7 Å². The minimum absolute atomic E-state index is 0.332. The molecule has 1 aliphatic rings. The largest absolute Gasteiger partial charge is 0.424 e. The molecule has 2 heterocycles. The van der Waals surface area contributed by atoms with Crippen LogP contribution in [0.25, 0.3) is 11.1 Å². The van der Waals surface area contributed by atoms with Gasteiger partial charge in [0.15, 0.2) is 5.58 Å². The molecule has 0 amide bonds. The summed E-state index contributed by atoms with van der Waals surface area (Å²) in [6.07, 6.45) is 1.73. The molecule has 1 aromatic heterocycles. The molecule has 0 bridgehead atoms. The second-order valence-corrected chi connectivity index (χ2v) is 5.78. The second kappa shape index (κ2) is 6.45. The Balaban J connectivity index is 1.43. The first kappa shape index (κ1) is 14.4. The van der Waals surface area contributed by atoms with E-state index in [0.29, 0.717) is 18.2 Å². The number of oxazole rings is 1. The second-order valence-electron chi connectivity index (χ2n) is 5.78. The fraction of sp³-hybridized carbons (Fsp3) is 0.562. The quantitative estimate of drug-likeness (QED) is 0.858. The molecule has 3 rings (SSSR count). The third-order valence-electron chi connectivity index (χ3n) is 3.72. The first-order valence-corrected chi connectivity index (χ1v) is 7.68. The molecule has 1 fully saturated rings. The highest BCUT2D eigenvalue weighted by Crippen LogP contribution is 2.18. The van der Waals surface area contributed by atoms with Gasteiger partial charge in [-0.3, -0.25) is 4.90 Å².